The molecule has 2 heterocycles. The van der Waals surface area contributed by atoms with Crippen LogP contribution >= 0.6 is 10.1 Å². The third-order valence-electron chi connectivity index (χ3n) is 7.48. The number of hydrogen-bond acceptors (Lipinski definition) is 4. The van der Waals surface area contributed by atoms with Crippen molar-refractivity contribution in [3.8, 4) is 5.75 Å². The van der Waals surface area contributed by atoms with Crippen LogP contribution in [0.25, 0.3) is 0 Å². The number of hydrogen-bond donors (Lipinski definition) is 0. The maximum absolute atomic E-state index is 14.7. The quantitative estimate of drug-likeness (QED) is 0.210. The van der Waals surface area contributed by atoms with Crippen molar-refractivity contribution in [1.82, 2.24) is 0 Å². The zero-order valence-electron chi connectivity index (χ0n) is 21.3. The molecule has 0 unspecified atom stereocenters. The van der Waals surface area contributed by atoms with Gasteiger partial charge in [-0.15, -0.1) is 0 Å². The number of alkyl halides is 12. The molecule has 0 N–H and O–H groups in total. The molecule has 0 saturated heterocycles. The Hall–Kier alpha value is -2.57. The SMILES string of the molecule is COc1ccc(C[S][Ge-]23([O]C(C(F)(F)F)(C(F)(F)F)c4cccc[c]42)[O]C(C(F)(F)F)(C(F)(F)F)c2cccc[c]23)cc1. The molecule has 234 valence electrons. The van der Waals surface area contributed by atoms with Crippen LogP contribution in [0.2, 0.25) is 0 Å². The van der Waals surface area contributed by atoms with Crippen molar-refractivity contribution < 1.29 is 64.9 Å². The minimum atomic E-state index is -7.87. The zero-order valence-corrected chi connectivity index (χ0v) is 24.2. The van der Waals surface area contributed by atoms with E-state index in [0.29, 0.717) is 24.3 Å². The molecule has 0 amide bonds. The molecule has 17 heteroatoms. The number of ether oxygens (including phenoxy) is 1. The molecule has 43 heavy (non-hydrogen) atoms. The van der Waals surface area contributed by atoms with Crippen LogP contribution in [-0.2, 0) is 24.5 Å². The second-order valence-corrected chi connectivity index (χ2v) is 23.3. The predicted octanol–water partition coefficient (Wildman–Crippen LogP) is 7.34. The van der Waals surface area contributed by atoms with Crippen molar-refractivity contribution >= 4 is 30.6 Å². The summed E-state index contributed by atoms with van der Waals surface area (Å²) in [7, 11) is 1.26. The second kappa shape index (κ2) is 9.47. The first-order valence-corrected chi connectivity index (χ1v) is 19.4. The fraction of sp³-hybridized carbons (Fsp3) is 0.308. The van der Waals surface area contributed by atoms with Gasteiger partial charge in [0, 0.05) is 0 Å². The number of methoxy groups -OCH3 is 1. The number of benzene rings is 3. The molecular formula is C26H17F12GeO3S-. The number of fused-ring (bicyclic) bond motifs is 4. The van der Waals surface area contributed by atoms with Gasteiger partial charge in [0.25, 0.3) is 0 Å². The molecule has 0 aliphatic carbocycles. The summed E-state index contributed by atoms with van der Waals surface area (Å²) in [5.74, 6) is -0.420. The van der Waals surface area contributed by atoms with Gasteiger partial charge in [-0.2, -0.15) is 0 Å². The Morgan fingerprint density at radius 1 is 0.605 bits per heavy atom. The summed E-state index contributed by atoms with van der Waals surface area (Å²) in [6, 6.07) is 10.5. The minimum absolute atomic E-state index is 0.0312. The molecule has 3 aromatic carbocycles. The molecule has 1 spiro atoms. The van der Waals surface area contributed by atoms with Gasteiger partial charge in [0.1, 0.15) is 0 Å². The van der Waals surface area contributed by atoms with Crippen molar-refractivity contribution in [3.63, 3.8) is 0 Å². The van der Waals surface area contributed by atoms with E-state index in [9.17, 15) is 52.7 Å². The fourth-order valence-electron chi connectivity index (χ4n) is 5.70. The summed E-state index contributed by atoms with van der Waals surface area (Å²) >= 11 is -7.87. The first-order chi connectivity index (χ1) is 19.7. The molecule has 3 aromatic rings. The fourth-order valence-corrected chi connectivity index (χ4v) is 25.3. The third kappa shape index (κ3) is 4.08. The van der Waals surface area contributed by atoms with Gasteiger partial charge in [0.05, 0.1) is 0 Å². The van der Waals surface area contributed by atoms with Gasteiger partial charge in [0.15, 0.2) is 0 Å². The van der Waals surface area contributed by atoms with Gasteiger partial charge in [0.2, 0.25) is 0 Å². The van der Waals surface area contributed by atoms with E-state index in [0.717, 1.165) is 24.3 Å². The Labute approximate surface area is 239 Å². The predicted molar refractivity (Wildman–Crippen MR) is 132 cm³/mol. The van der Waals surface area contributed by atoms with Crippen LogP contribution in [0, 0.1) is 0 Å². The number of rotatable bonds is 4. The third-order valence-corrected chi connectivity index (χ3v) is 24.4. The maximum atomic E-state index is 14.7. The molecule has 0 atom stereocenters. The topological polar surface area (TPSA) is 27.7 Å². The van der Waals surface area contributed by atoms with E-state index in [-0.39, 0.29) is 21.4 Å². The Bertz CT molecular complexity index is 1430. The van der Waals surface area contributed by atoms with Crippen LogP contribution < -0.4 is 13.5 Å². The van der Waals surface area contributed by atoms with E-state index in [1.807, 2.05) is 0 Å². The summed E-state index contributed by atoms with van der Waals surface area (Å²) in [6.07, 6.45) is -25.6. The van der Waals surface area contributed by atoms with E-state index >= 15 is 0 Å². The molecule has 0 aromatic heterocycles. The molecule has 0 radical (unpaired) electrons. The molecule has 0 bridgehead atoms. The molecule has 0 fully saturated rings. The Morgan fingerprint density at radius 3 is 1.33 bits per heavy atom. The van der Waals surface area contributed by atoms with E-state index in [1.54, 1.807) is 0 Å². The molecule has 5 rings (SSSR count). The zero-order chi connectivity index (χ0) is 31.9. The van der Waals surface area contributed by atoms with Gasteiger partial charge in [-0.3, -0.25) is 0 Å². The van der Waals surface area contributed by atoms with Crippen LogP contribution in [0.3, 0.4) is 0 Å². The van der Waals surface area contributed by atoms with Crippen LogP contribution in [0.4, 0.5) is 52.7 Å². The van der Waals surface area contributed by atoms with E-state index < -0.39 is 73.3 Å². The average molecular weight is 710 g/mol. The average Bonchev–Trinajstić information content (AvgIpc) is 3.36. The Kier molecular flexibility index (Phi) is 7.01. The first kappa shape index (κ1) is 31.8. The summed E-state index contributed by atoms with van der Waals surface area (Å²) in [5, 5.41) is 0. The van der Waals surface area contributed by atoms with Gasteiger partial charge in [-0.25, -0.2) is 0 Å². The normalized spacial score (nSPS) is 21.1. The summed E-state index contributed by atoms with van der Waals surface area (Å²) in [6.45, 7) is 0. The van der Waals surface area contributed by atoms with Gasteiger partial charge in [-0.05, 0) is 0 Å². The summed E-state index contributed by atoms with van der Waals surface area (Å²) in [4.78, 5) is 0. The molecule has 2 aliphatic heterocycles. The van der Waals surface area contributed by atoms with Crippen LogP contribution in [0.1, 0.15) is 16.7 Å². The van der Waals surface area contributed by atoms with Crippen molar-refractivity contribution in [2.24, 2.45) is 0 Å². The Morgan fingerprint density at radius 2 is 0.977 bits per heavy atom. The van der Waals surface area contributed by atoms with Crippen molar-refractivity contribution in [2.75, 3.05) is 7.11 Å². The van der Waals surface area contributed by atoms with Gasteiger partial charge >= 0.3 is 240 Å². The van der Waals surface area contributed by atoms with Crippen molar-refractivity contribution in [1.29, 1.82) is 0 Å². The van der Waals surface area contributed by atoms with Crippen LogP contribution in [0.5, 0.6) is 5.75 Å². The standard InChI is InChI=1S/C26H17F12GeO3S/c1-40-16-12-10-15(11-13-16)14-43-39(19-8-4-2-6-17(19)21(41-39,23(27,28)29)24(30,31)32)20-9-5-3-7-18(20)22(42-39,25(33,34)35)26(36,37)38/h2-13H,14H2,1H3/q-1. The summed E-state index contributed by atoms with van der Waals surface area (Å²) in [5.41, 5.74) is -13.9. The molecule has 3 nitrogen and oxygen atoms in total. The van der Waals surface area contributed by atoms with Crippen molar-refractivity contribution in [3.05, 3.63) is 89.5 Å². The monoisotopic (exact) mass is 711 g/mol. The number of halogens is 12. The Balaban J connectivity index is 1.94. The van der Waals surface area contributed by atoms with Crippen molar-refractivity contribution in [2.45, 2.75) is 41.7 Å². The van der Waals surface area contributed by atoms with E-state index in [2.05, 4.69) is 0 Å². The van der Waals surface area contributed by atoms with Crippen LogP contribution in [-0.4, -0.2) is 43.5 Å². The summed E-state index contributed by atoms with van der Waals surface area (Å²) < 4.78 is 190. The van der Waals surface area contributed by atoms with E-state index in [4.69, 9.17) is 12.3 Å². The van der Waals surface area contributed by atoms with Gasteiger partial charge < -0.3 is 0 Å². The first-order valence-electron chi connectivity index (χ1n) is 12.0. The second-order valence-electron chi connectivity index (χ2n) is 9.77. The van der Waals surface area contributed by atoms with Gasteiger partial charge in [-0.1, -0.05) is 0 Å². The molecular weight excluding hydrogens is 693 g/mol. The van der Waals surface area contributed by atoms with Crippen LogP contribution in [0.15, 0.2) is 72.8 Å². The molecule has 0 saturated carbocycles. The molecule has 2 aliphatic rings. The van der Waals surface area contributed by atoms with E-state index in [1.165, 1.54) is 31.4 Å².